The Bertz CT molecular complexity index is 1630. The number of terminal acetylenes is 1. The van der Waals surface area contributed by atoms with E-state index in [2.05, 4.69) is 16.0 Å². The Hall–Kier alpha value is -4.57. The highest BCUT2D eigenvalue weighted by Gasteiger charge is 2.48. The molecule has 0 amide bonds. The average molecular weight is 667 g/mol. The number of hydrogen-bond acceptors (Lipinski definition) is 9. The molecule has 0 spiro atoms. The molecule has 2 aromatic carbocycles. The number of hydrogen-bond donors (Lipinski definition) is 2. The van der Waals surface area contributed by atoms with Crippen LogP contribution in [-0.4, -0.2) is 57.1 Å². The number of nitrogens with zero attached hydrogens (tertiary/aromatic N) is 3. The van der Waals surface area contributed by atoms with E-state index in [9.17, 15) is 23.9 Å². The fraction of sp³-hybridized carbons (Fsp3) is 0.207. The second-order valence-electron chi connectivity index (χ2n) is 9.10. The van der Waals surface area contributed by atoms with E-state index in [0.29, 0.717) is 16.5 Å². The first kappa shape index (κ1) is 33.9. The predicted molar refractivity (Wildman–Crippen MR) is 160 cm³/mol. The molecule has 3 aromatic rings. The number of pyridine rings is 1. The zero-order chi connectivity index (χ0) is 32.6. The minimum atomic E-state index is -1.51. The van der Waals surface area contributed by atoms with Gasteiger partial charge in [-0.25, -0.2) is 28.8 Å². The normalized spacial score (nSPS) is 16.0. The molecule has 0 fully saturated rings. The van der Waals surface area contributed by atoms with Crippen LogP contribution < -0.4 is 14.5 Å². The Morgan fingerprint density at radius 3 is 2.32 bits per heavy atom. The van der Waals surface area contributed by atoms with Crippen LogP contribution in [0.2, 0.25) is 15.1 Å². The van der Waals surface area contributed by atoms with Gasteiger partial charge in [0.1, 0.15) is 17.2 Å². The number of aromatic nitrogens is 1. The molecular formula is C29H23Cl3FN3O8. The summed E-state index contributed by atoms with van der Waals surface area (Å²) in [6, 6.07) is 11.8. The molecule has 44 heavy (non-hydrogen) atoms. The lowest BCUT2D eigenvalue weighted by Crippen LogP contribution is -2.47. The summed E-state index contributed by atoms with van der Waals surface area (Å²) in [6.45, 7) is 2.81. The van der Waals surface area contributed by atoms with Crippen molar-refractivity contribution in [1.29, 1.82) is 0 Å². The molecular weight excluding hydrogens is 644 g/mol. The molecule has 2 N–H and O–H groups in total. The van der Waals surface area contributed by atoms with Gasteiger partial charge < -0.3 is 24.4 Å². The Morgan fingerprint density at radius 1 is 1.09 bits per heavy atom. The van der Waals surface area contributed by atoms with Gasteiger partial charge in [-0.1, -0.05) is 40.7 Å². The number of rotatable bonds is 9. The van der Waals surface area contributed by atoms with Crippen LogP contribution >= 0.6 is 34.8 Å². The van der Waals surface area contributed by atoms with E-state index in [0.717, 1.165) is 11.1 Å². The summed E-state index contributed by atoms with van der Waals surface area (Å²) in [7, 11) is 0. The maximum Gasteiger partial charge on any atom is 0.352 e. The molecule has 15 heteroatoms. The molecule has 2 heterocycles. The number of halogens is 4. The summed E-state index contributed by atoms with van der Waals surface area (Å²) >= 11 is 17.4. The van der Waals surface area contributed by atoms with Gasteiger partial charge >= 0.3 is 17.9 Å². The van der Waals surface area contributed by atoms with Gasteiger partial charge in [-0.05, 0) is 62.4 Å². The second-order valence-corrected chi connectivity index (χ2v) is 10.4. The number of hydrazone groups is 1. The maximum atomic E-state index is 13.6. The molecule has 0 radical (unpaired) electrons. The van der Waals surface area contributed by atoms with Gasteiger partial charge in [0.15, 0.2) is 24.1 Å². The lowest BCUT2D eigenvalue weighted by molar-refractivity contribution is -0.149. The number of carboxylic acids is 2. The molecule has 1 aromatic heterocycles. The molecule has 1 unspecified atom stereocenters. The van der Waals surface area contributed by atoms with E-state index in [1.807, 2.05) is 0 Å². The topological polar surface area (TPSA) is 148 Å². The summed E-state index contributed by atoms with van der Waals surface area (Å²) < 4.78 is 29.1. The summed E-state index contributed by atoms with van der Waals surface area (Å²) in [6.07, 6.45) is 5.24. The summed E-state index contributed by atoms with van der Waals surface area (Å²) in [5, 5.41) is 24.1. The molecule has 11 nitrogen and oxygen atoms in total. The molecule has 2 atom stereocenters. The van der Waals surface area contributed by atoms with Crippen molar-refractivity contribution >= 4 is 64.1 Å². The number of aliphatic carboxylic acids is 2. The highest BCUT2D eigenvalue weighted by Crippen LogP contribution is 2.38. The maximum absolute atomic E-state index is 13.6. The van der Waals surface area contributed by atoms with E-state index in [1.165, 1.54) is 38.2 Å². The van der Waals surface area contributed by atoms with E-state index < -0.39 is 35.4 Å². The van der Waals surface area contributed by atoms with Crippen molar-refractivity contribution in [2.45, 2.75) is 31.9 Å². The van der Waals surface area contributed by atoms with Crippen molar-refractivity contribution in [2.75, 3.05) is 11.6 Å². The largest absolute Gasteiger partial charge is 0.479 e. The molecule has 1 aliphatic rings. The van der Waals surface area contributed by atoms with E-state index in [-0.39, 0.29) is 40.4 Å². The zero-order valence-corrected chi connectivity index (χ0v) is 25.2. The fourth-order valence-corrected chi connectivity index (χ4v) is 4.22. The van der Waals surface area contributed by atoms with Gasteiger partial charge in [0.2, 0.25) is 0 Å². The van der Waals surface area contributed by atoms with Crippen LogP contribution in [0.4, 0.5) is 10.1 Å². The van der Waals surface area contributed by atoms with Crippen LogP contribution in [0.3, 0.4) is 0 Å². The van der Waals surface area contributed by atoms with Crippen LogP contribution in [0.25, 0.3) is 0 Å². The van der Waals surface area contributed by atoms with E-state index in [4.69, 9.17) is 60.5 Å². The lowest BCUT2D eigenvalue weighted by atomic mass is 9.95. The van der Waals surface area contributed by atoms with Gasteiger partial charge in [-0.2, -0.15) is 5.10 Å². The first-order valence-corrected chi connectivity index (χ1v) is 13.5. The zero-order valence-electron chi connectivity index (χ0n) is 23.0. The van der Waals surface area contributed by atoms with E-state index in [1.54, 1.807) is 24.3 Å². The van der Waals surface area contributed by atoms with Gasteiger partial charge in [-0.3, -0.25) is 0 Å². The third-order valence-electron chi connectivity index (χ3n) is 5.80. The minimum absolute atomic E-state index is 0.112. The predicted octanol–water partition coefficient (Wildman–Crippen LogP) is 6.10. The number of carbonyl (C=O) groups excluding carboxylic acids is 1. The lowest BCUT2D eigenvalue weighted by Gasteiger charge is -2.30. The van der Waals surface area contributed by atoms with Crippen molar-refractivity contribution in [3.63, 3.8) is 0 Å². The van der Waals surface area contributed by atoms with Crippen molar-refractivity contribution in [3.8, 4) is 29.7 Å². The third kappa shape index (κ3) is 8.50. The number of ether oxygens (including phenoxy) is 3. The molecule has 0 saturated carbocycles. The highest BCUT2D eigenvalue weighted by atomic mass is 35.5. The standard InChI is InChI=1S/C17H13ClFNO4.C12H10Cl2N2O4/c1-3-8-22-17(21)11(2)23-13-4-6-14(7-5-13)24-16-15(19)9-12(18)10-20-16;1-12(11(19)20)5-8(10(17)18)15-16(12)9-3-2-6(13)4-7(9)14/h1,4-7,9-11H,8H2,2H3;2-4H,5H2,1H3,(H,17,18)(H,19,20)/t11-;/m1./s1. The van der Waals surface area contributed by atoms with E-state index >= 15 is 0 Å². The first-order chi connectivity index (χ1) is 20.7. The quantitative estimate of drug-likeness (QED) is 0.203. The number of benzene rings is 2. The minimum Gasteiger partial charge on any atom is -0.479 e. The Labute approximate surface area is 265 Å². The fourth-order valence-electron chi connectivity index (χ4n) is 3.58. The monoisotopic (exact) mass is 665 g/mol. The molecule has 0 bridgehead atoms. The number of anilines is 1. The summed E-state index contributed by atoms with van der Waals surface area (Å²) in [5.41, 5.74) is -1.45. The summed E-state index contributed by atoms with van der Waals surface area (Å²) in [5.74, 6) is -0.932. The van der Waals surface area contributed by atoms with Gasteiger partial charge in [-0.15, -0.1) is 6.42 Å². The van der Waals surface area contributed by atoms with Crippen LogP contribution in [-0.2, 0) is 19.1 Å². The van der Waals surface area contributed by atoms with Crippen LogP contribution in [0.5, 0.6) is 17.4 Å². The van der Waals surface area contributed by atoms with Gasteiger partial charge in [0.05, 0.1) is 15.7 Å². The average Bonchev–Trinajstić information content (AvgIpc) is 3.33. The van der Waals surface area contributed by atoms with Crippen LogP contribution in [0.1, 0.15) is 20.3 Å². The molecule has 1 aliphatic heterocycles. The van der Waals surface area contributed by atoms with Crippen LogP contribution in [0.15, 0.2) is 59.8 Å². The van der Waals surface area contributed by atoms with Gasteiger partial charge in [0.25, 0.3) is 5.88 Å². The van der Waals surface area contributed by atoms with Crippen molar-refractivity contribution in [1.82, 2.24) is 4.98 Å². The molecule has 4 rings (SSSR count). The highest BCUT2D eigenvalue weighted by molar-refractivity contribution is 6.38. The van der Waals surface area contributed by atoms with Crippen molar-refractivity contribution in [3.05, 3.63) is 75.6 Å². The Morgan fingerprint density at radius 2 is 1.75 bits per heavy atom. The van der Waals surface area contributed by atoms with Crippen molar-refractivity contribution in [2.24, 2.45) is 5.10 Å². The second kappa shape index (κ2) is 14.7. The number of carboxylic acid groups (broad SMARTS) is 2. The SMILES string of the molecule is C#CCOC(=O)[C@@H](C)Oc1ccc(Oc2ncc(Cl)cc2F)cc1.CC1(C(=O)O)CC(C(=O)O)=NN1c1ccc(Cl)cc1Cl. The van der Waals surface area contributed by atoms with Gasteiger partial charge in [0, 0.05) is 17.6 Å². The molecule has 0 aliphatic carbocycles. The molecule has 0 saturated heterocycles. The third-order valence-corrected chi connectivity index (χ3v) is 6.54. The number of esters is 1. The summed E-state index contributed by atoms with van der Waals surface area (Å²) in [4.78, 5) is 37.8. The first-order valence-electron chi connectivity index (χ1n) is 12.4. The smallest absolute Gasteiger partial charge is 0.352 e. The molecule has 230 valence electrons. The Balaban J connectivity index is 0.000000244. The van der Waals surface area contributed by atoms with Crippen LogP contribution in [0, 0.1) is 18.2 Å². The van der Waals surface area contributed by atoms with Crippen molar-refractivity contribution < 1.29 is 43.2 Å². The number of carbonyl (C=O) groups is 3. The Kier molecular flexibility index (Phi) is 11.4.